The molecule has 2 N–H and O–H groups in total. The molecule has 0 aromatic heterocycles. The minimum atomic E-state index is 0.0537. The normalized spacial score (nSPS) is 10.0. The molecule has 0 unspecified atom stereocenters. The highest BCUT2D eigenvalue weighted by molar-refractivity contribution is 14.1. The number of rotatable bonds is 5. The van der Waals surface area contributed by atoms with E-state index in [1.165, 1.54) is 0 Å². The lowest BCUT2D eigenvalue weighted by Gasteiger charge is -2.05. The highest BCUT2D eigenvalue weighted by Gasteiger charge is 2.01. The van der Waals surface area contributed by atoms with Crippen molar-refractivity contribution < 1.29 is 4.79 Å². The van der Waals surface area contributed by atoms with Gasteiger partial charge in [-0.05, 0) is 47.3 Å². The van der Waals surface area contributed by atoms with Gasteiger partial charge in [0.05, 0.1) is 0 Å². The van der Waals surface area contributed by atoms with Crippen LogP contribution in [0.25, 0.3) is 0 Å². The van der Waals surface area contributed by atoms with Gasteiger partial charge in [0.25, 0.3) is 0 Å². The summed E-state index contributed by atoms with van der Waals surface area (Å²) >= 11 is 2.22. The van der Waals surface area contributed by atoms with Crippen molar-refractivity contribution in [3.63, 3.8) is 0 Å². The van der Waals surface area contributed by atoms with E-state index in [0.29, 0.717) is 6.42 Å². The summed E-state index contributed by atoms with van der Waals surface area (Å²) in [4.78, 5) is 11.4. The number of nitrogens with one attached hydrogen (secondary N) is 2. The maximum absolute atomic E-state index is 11.4. The molecule has 1 amide bonds. The Morgan fingerprint density at radius 2 is 2.27 bits per heavy atom. The number of anilines is 1. The Morgan fingerprint density at radius 3 is 2.93 bits per heavy atom. The lowest BCUT2D eigenvalue weighted by atomic mass is 10.3. The number of hydrogen-bond donors (Lipinski definition) is 2. The Hall–Kier alpha value is -0.620. The smallest absolute Gasteiger partial charge is 0.225 e. The third-order valence-electron chi connectivity index (χ3n) is 1.89. The molecule has 82 valence electrons. The first-order chi connectivity index (χ1) is 7.22. The van der Waals surface area contributed by atoms with E-state index in [0.717, 1.165) is 22.3 Å². The van der Waals surface area contributed by atoms with Crippen LogP contribution in [0.5, 0.6) is 0 Å². The number of hydrogen-bond acceptors (Lipinski definition) is 2. The van der Waals surface area contributed by atoms with E-state index in [4.69, 9.17) is 0 Å². The van der Waals surface area contributed by atoms with Crippen molar-refractivity contribution >= 4 is 34.2 Å². The van der Waals surface area contributed by atoms with Gasteiger partial charge in [0.15, 0.2) is 0 Å². The fraction of sp³-hybridized carbons (Fsp3) is 0.364. The summed E-state index contributed by atoms with van der Waals surface area (Å²) < 4.78 is 1.12. The molecule has 0 spiro atoms. The first kappa shape index (κ1) is 12.4. The maximum atomic E-state index is 11.4. The summed E-state index contributed by atoms with van der Waals surface area (Å²) in [5.41, 5.74) is 0.864. The van der Waals surface area contributed by atoms with Crippen LogP contribution in [0.3, 0.4) is 0 Å². The monoisotopic (exact) mass is 318 g/mol. The van der Waals surface area contributed by atoms with Crippen LogP contribution in [-0.4, -0.2) is 19.0 Å². The molecule has 0 saturated heterocycles. The molecule has 3 nitrogen and oxygen atoms in total. The fourth-order valence-corrected chi connectivity index (χ4v) is 1.71. The van der Waals surface area contributed by atoms with Gasteiger partial charge in [0.1, 0.15) is 0 Å². The van der Waals surface area contributed by atoms with Gasteiger partial charge in [-0.1, -0.05) is 13.0 Å². The maximum Gasteiger partial charge on any atom is 0.225 e. The second-order valence-electron chi connectivity index (χ2n) is 3.16. The summed E-state index contributed by atoms with van der Waals surface area (Å²) in [6.07, 6.45) is 0.513. The Bertz CT molecular complexity index is 328. The van der Waals surface area contributed by atoms with Crippen molar-refractivity contribution in [2.45, 2.75) is 13.3 Å². The Balaban J connectivity index is 2.37. The molecule has 0 aliphatic rings. The summed E-state index contributed by atoms with van der Waals surface area (Å²) in [5, 5.41) is 5.97. The summed E-state index contributed by atoms with van der Waals surface area (Å²) in [5.74, 6) is 0.0537. The molecule has 0 bridgehead atoms. The van der Waals surface area contributed by atoms with Crippen LogP contribution in [0.15, 0.2) is 24.3 Å². The van der Waals surface area contributed by atoms with E-state index in [1.54, 1.807) is 0 Å². The molecule has 0 aliphatic carbocycles. The van der Waals surface area contributed by atoms with Gasteiger partial charge in [0, 0.05) is 22.2 Å². The molecule has 0 aliphatic heterocycles. The SMILES string of the molecule is CCNCCC(=O)Nc1cccc(I)c1. The van der Waals surface area contributed by atoms with Crippen molar-refractivity contribution in [1.82, 2.24) is 5.32 Å². The zero-order valence-corrected chi connectivity index (χ0v) is 10.9. The number of amides is 1. The highest BCUT2D eigenvalue weighted by Crippen LogP contribution is 2.12. The number of halogens is 1. The van der Waals surface area contributed by atoms with E-state index in [9.17, 15) is 4.79 Å². The number of carbonyl (C=O) groups excluding carboxylic acids is 1. The van der Waals surface area contributed by atoms with Gasteiger partial charge in [-0.2, -0.15) is 0 Å². The van der Waals surface area contributed by atoms with E-state index < -0.39 is 0 Å². The third-order valence-corrected chi connectivity index (χ3v) is 2.56. The van der Waals surface area contributed by atoms with Gasteiger partial charge in [-0.3, -0.25) is 4.79 Å². The Morgan fingerprint density at radius 1 is 1.47 bits per heavy atom. The van der Waals surface area contributed by atoms with Crippen LogP contribution in [0.4, 0.5) is 5.69 Å². The topological polar surface area (TPSA) is 41.1 Å². The van der Waals surface area contributed by atoms with Crippen LogP contribution < -0.4 is 10.6 Å². The van der Waals surface area contributed by atoms with Crippen molar-refractivity contribution in [3.8, 4) is 0 Å². The number of benzene rings is 1. The van der Waals surface area contributed by atoms with Gasteiger partial charge in [-0.25, -0.2) is 0 Å². The van der Waals surface area contributed by atoms with Gasteiger partial charge >= 0.3 is 0 Å². The molecule has 0 fully saturated rings. The molecule has 0 radical (unpaired) electrons. The number of carbonyl (C=O) groups is 1. The molecule has 0 atom stereocenters. The third kappa shape index (κ3) is 5.13. The van der Waals surface area contributed by atoms with Crippen molar-refractivity contribution in [2.75, 3.05) is 18.4 Å². The second-order valence-corrected chi connectivity index (χ2v) is 4.41. The van der Waals surface area contributed by atoms with Crippen LogP contribution in [0, 0.1) is 3.57 Å². The molecule has 1 aromatic carbocycles. The highest BCUT2D eigenvalue weighted by atomic mass is 127. The first-order valence-corrected chi connectivity index (χ1v) is 6.06. The zero-order valence-electron chi connectivity index (χ0n) is 8.72. The van der Waals surface area contributed by atoms with E-state index in [1.807, 2.05) is 31.2 Å². The summed E-state index contributed by atoms with van der Waals surface area (Å²) in [7, 11) is 0. The summed E-state index contributed by atoms with van der Waals surface area (Å²) in [6, 6.07) is 7.77. The second kappa shape index (κ2) is 6.79. The van der Waals surface area contributed by atoms with Crippen LogP contribution in [0.2, 0.25) is 0 Å². The molecular formula is C11H15IN2O. The largest absolute Gasteiger partial charge is 0.326 e. The average molecular weight is 318 g/mol. The molecule has 0 saturated carbocycles. The van der Waals surface area contributed by atoms with Crippen molar-refractivity contribution in [3.05, 3.63) is 27.8 Å². The molecular weight excluding hydrogens is 303 g/mol. The molecule has 4 heteroatoms. The molecule has 1 rings (SSSR count). The van der Waals surface area contributed by atoms with Gasteiger partial charge in [0.2, 0.25) is 5.91 Å². The lowest BCUT2D eigenvalue weighted by Crippen LogP contribution is -2.21. The molecule has 15 heavy (non-hydrogen) atoms. The predicted octanol–water partition coefficient (Wildman–Crippen LogP) is 2.23. The summed E-state index contributed by atoms with van der Waals surface area (Å²) in [6.45, 7) is 3.65. The van der Waals surface area contributed by atoms with Crippen LogP contribution in [0.1, 0.15) is 13.3 Å². The zero-order chi connectivity index (χ0) is 11.1. The van der Waals surface area contributed by atoms with Crippen LogP contribution >= 0.6 is 22.6 Å². The lowest BCUT2D eigenvalue weighted by molar-refractivity contribution is -0.116. The van der Waals surface area contributed by atoms with E-state index in [-0.39, 0.29) is 5.91 Å². The quantitative estimate of drug-likeness (QED) is 0.646. The van der Waals surface area contributed by atoms with E-state index >= 15 is 0 Å². The average Bonchev–Trinajstić information content (AvgIpc) is 2.18. The van der Waals surface area contributed by atoms with E-state index in [2.05, 4.69) is 33.2 Å². The fourth-order valence-electron chi connectivity index (χ4n) is 1.17. The molecule has 1 aromatic rings. The Kier molecular flexibility index (Phi) is 5.63. The minimum absolute atomic E-state index is 0.0537. The van der Waals surface area contributed by atoms with Crippen LogP contribution in [-0.2, 0) is 4.79 Å². The van der Waals surface area contributed by atoms with Gasteiger partial charge in [-0.15, -0.1) is 0 Å². The van der Waals surface area contributed by atoms with Crippen molar-refractivity contribution in [2.24, 2.45) is 0 Å². The Labute approximate surface area is 104 Å². The molecule has 0 heterocycles. The standard InChI is InChI=1S/C11H15IN2O/c1-2-13-7-6-11(15)14-10-5-3-4-9(12)8-10/h3-5,8,13H,2,6-7H2,1H3,(H,14,15). The van der Waals surface area contributed by atoms with Gasteiger partial charge < -0.3 is 10.6 Å². The minimum Gasteiger partial charge on any atom is -0.326 e. The van der Waals surface area contributed by atoms with Crippen molar-refractivity contribution in [1.29, 1.82) is 0 Å². The predicted molar refractivity (Wildman–Crippen MR) is 70.9 cm³/mol. The first-order valence-electron chi connectivity index (χ1n) is 4.98.